The average molecular weight is 158 g/mol. The molecule has 0 atom stereocenters. The van der Waals surface area contributed by atoms with Crippen molar-refractivity contribution in [1.82, 2.24) is 0 Å². The molecule has 0 heterocycles. The van der Waals surface area contributed by atoms with E-state index in [1.165, 1.54) is 0 Å². The Balaban J connectivity index is 3.93. The zero-order valence-electron chi connectivity index (χ0n) is 8.01. The molecule has 0 spiro atoms. The molecular weight excluding hydrogens is 140 g/mol. The first-order chi connectivity index (χ1) is 4.83. The van der Waals surface area contributed by atoms with E-state index in [1.807, 2.05) is 34.6 Å². The summed E-state index contributed by atoms with van der Waals surface area (Å²) in [7, 11) is 0. The molecule has 3 heteroatoms. The summed E-state index contributed by atoms with van der Waals surface area (Å²) in [5.74, 6) is 0.789. The van der Waals surface area contributed by atoms with E-state index >= 15 is 0 Å². The number of nitrogens with zero attached hydrogens (tertiary/aromatic N) is 1. The summed E-state index contributed by atoms with van der Waals surface area (Å²) in [6.07, 6.45) is 0. The van der Waals surface area contributed by atoms with E-state index in [1.54, 1.807) is 0 Å². The van der Waals surface area contributed by atoms with Crippen LogP contribution in [-0.2, 0) is 4.84 Å². The van der Waals surface area contributed by atoms with Gasteiger partial charge in [0.1, 0.15) is 11.4 Å². The zero-order chi connectivity index (χ0) is 9.07. The minimum absolute atomic E-state index is 0.248. The maximum absolute atomic E-state index is 5.55. The van der Waals surface area contributed by atoms with Crippen LogP contribution in [0, 0.1) is 5.92 Å². The van der Waals surface area contributed by atoms with Crippen molar-refractivity contribution in [3.8, 4) is 0 Å². The van der Waals surface area contributed by atoms with Crippen molar-refractivity contribution in [2.24, 2.45) is 16.8 Å². The fourth-order valence-corrected chi connectivity index (χ4v) is 0.295. The van der Waals surface area contributed by atoms with Crippen molar-refractivity contribution in [3.05, 3.63) is 0 Å². The van der Waals surface area contributed by atoms with Crippen LogP contribution in [0.3, 0.4) is 0 Å². The fourth-order valence-electron chi connectivity index (χ4n) is 0.295. The van der Waals surface area contributed by atoms with Crippen LogP contribution in [-0.4, -0.2) is 11.4 Å². The Morgan fingerprint density at radius 1 is 1.36 bits per heavy atom. The molecule has 0 aromatic carbocycles. The Morgan fingerprint density at radius 3 is 2.09 bits per heavy atom. The monoisotopic (exact) mass is 158 g/mol. The molecule has 0 unspecified atom stereocenters. The number of oxime groups is 1. The maximum Gasteiger partial charge on any atom is 0.141 e. The number of nitrogens with two attached hydrogens (primary N) is 1. The highest BCUT2D eigenvalue weighted by Gasteiger charge is 2.10. The van der Waals surface area contributed by atoms with Crippen LogP contribution < -0.4 is 5.73 Å². The Labute approximate surface area is 68.6 Å². The molecule has 0 aliphatic carbocycles. The molecule has 0 fully saturated rings. The van der Waals surface area contributed by atoms with Crippen LogP contribution in [0.25, 0.3) is 0 Å². The van der Waals surface area contributed by atoms with Crippen LogP contribution in [0.1, 0.15) is 34.6 Å². The van der Waals surface area contributed by atoms with E-state index in [2.05, 4.69) is 5.16 Å². The van der Waals surface area contributed by atoms with Crippen LogP contribution in [0.4, 0.5) is 0 Å². The van der Waals surface area contributed by atoms with E-state index in [-0.39, 0.29) is 11.5 Å². The topological polar surface area (TPSA) is 47.6 Å². The first kappa shape index (κ1) is 10.3. The maximum atomic E-state index is 5.55. The van der Waals surface area contributed by atoms with Crippen molar-refractivity contribution in [1.29, 1.82) is 0 Å². The summed E-state index contributed by atoms with van der Waals surface area (Å²) in [6.45, 7) is 9.76. The second-order valence-electron chi connectivity index (χ2n) is 3.87. The minimum Gasteiger partial charge on any atom is -0.389 e. The third kappa shape index (κ3) is 5.70. The Morgan fingerprint density at radius 2 is 1.82 bits per heavy atom. The molecule has 0 aliphatic heterocycles. The molecule has 0 aromatic rings. The van der Waals surface area contributed by atoms with Gasteiger partial charge in [-0.3, -0.25) is 0 Å². The predicted molar refractivity (Wildman–Crippen MR) is 47.3 cm³/mol. The van der Waals surface area contributed by atoms with Gasteiger partial charge < -0.3 is 10.6 Å². The third-order valence-corrected chi connectivity index (χ3v) is 1.02. The highest BCUT2D eigenvalue weighted by molar-refractivity contribution is 5.81. The number of rotatable bonds is 2. The lowest BCUT2D eigenvalue weighted by atomic mass is 10.2. The van der Waals surface area contributed by atoms with Gasteiger partial charge >= 0.3 is 0 Å². The summed E-state index contributed by atoms with van der Waals surface area (Å²) in [6, 6.07) is 0. The lowest BCUT2D eigenvalue weighted by Crippen LogP contribution is -2.23. The molecule has 66 valence electrons. The summed E-state index contributed by atoms with van der Waals surface area (Å²) in [4.78, 5) is 5.12. The average Bonchev–Trinajstić information content (AvgIpc) is 1.80. The van der Waals surface area contributed by atoms with E-state index < -0.39 is 0 Å². The highest BCUT2D eigenvalue weighted by atomic mass is 16.6. The van der Waals surface area contributed by atoms with Crippen LogP contribution in [0.15, 0.2) is 5.16 Å². The second kappa shape index (κ2) is 3.60. The van der Waals surface area contributed by atoms with E-state index in [9.17, 15) is 0 Å². The first-order valence-corrected chi connectivity index (χ1v) is 3.84. The van der Waals surface area contributed by atoms with Crippen molar-refractivity contribution >= 4 is 5.84 Å². The summed E-state index contributed by atoms with van der Waals surface area (Å²) < 4.78 is 0. The van der Waals surface area contributed by atoms with Crippen molar-refractivity contribution < 1.29 is 4.84 Å². The normalized spacial score (nSPS) is 13.8. The predicted octanol–water partition coefficient (Wildman–Crippen LogP) is 1.73. The molecule has 0 saturated heterocycles. The summed E-state index contributed by atoms with van der Waals surface area (Å²) >= 11 is 0. The van der Waals surface area contributed by atoms with Gasteiger partial charge in [-0.1, -0.05) is 19.0 Å². The lowest BCUT2D eigenvalue weighted by molar-refractivity contribution is -0.0000411. The van der Waals surface area contributed by atoms with Gasteiger partial charge in [-0.25, -0.2) is 0 Å². The Kier molecular flexibility index (Phi) is 3.36. The molecule has 3 nitrogen and oxygen atoms in total. The molecule has 0 aromatic heterocycles. The molecule has 11 heavy (non-hydrogen) atoms. The summed E-state index contributed by atoms with van der Waals surface area (Å²) in [5.41, 5.74) is 5.30. The molecule has 2 N–H and O–H groups in total. The van der Waals surface area contributed by atoms with Gasteiger partial charge in [0.15, 0.2) is 0 Å². The van der Waals surface area contributed by atoms with E-state index in [0.717, 1.165) is 0 Å². The van der Waals surface area contributed by atoms with Gasteiger partial charge in [0.25, 0.3) is 0 Å². The van der Waals surface area contributed by atoms with Crippen molar-refractivity contribution in [2.45, 2.75) is 40.2 Å². The minimum atomic E-state index is -0.250. The SMILES string of the molecule is CC(C)/C(N)=N\OC(C)(C)C. The van der Waals surface area contributed by atoms with Gasteiger partial charge in [-0.05, 0) is 20.8 Å². The first-order valence-electron chi connectivity index (χ1n) is 3.84. The molecule has 0 amide bonds. The van der Waals surface area contributed by atoms with Crippen molar-refractivity contribution in [3.63, 3.8) is 0 Å². The Hall–Kier alpha value is -0.730. The van der Waals surface area contributed by atoms with Gasteiger partial charge in [0.05, 0.1) is 0 Å². The largest absolute Gasteiger partial charge is 0.389 e. The van der Waals surface area contributed by atoms with Crippen molar-refractivity contribution in [2.75, 3.05) is 0 Å². The Bertz CT molecular complexity index is 145. The van der Waals surface area contributed by atoms with Gasteiger partial charge in [-0.15, -0.1) is 0 Å². The van der Waals surface area contributed by atoms with Gasteiger partial charge in [-0.2, -0.15) is 0 Å². The number of amidine groups is 1. The van der Waals surface area contributed by atoms with Crippen LogP contribution >= 0.6 is 0 Å². The number of hydrogen-bond acceptors (Lipinski definition) is 2. The fraction of sp³-hybridized carbons (Fsp3) is 0.875. The van der Waals surface area contributed by atoms with E-state index in [0.29, 0.717) is 5.84 Å². The molecular formula is C8H18N2O. The zero-order valence-corrected chi connectivity index (χ0v) is 8.01. The molecule has 0 bridgehead atoms. The smallest absolute Gasteiger partial charge is 0.141 e. The quantitative estimate of drug-likeness (QED) is 0.378. The van der Waals surface area contributed by atoms with Gasteiger partial charge in [0.2, 0.25) is 0 Å². The molecule has 0 aliphatic rings. The standard InChI is InChI=1S/C8H18N2O/c1-6(2)7(9)10-11-8(3,4)5/h6H,1-5H3,(H2,9,10). The number of hydrogen-bond donors (Lipinski definition) is 1. The van der Waals surface area contributed by atoms with E-state index in [4.69, 9.17) is 10.6 Å². The molecule has 0 saturated carbocycles. The highest BCUT2D eigenvalue weighted by Crippen LogP contribution is 2.07. The van der Waals surface area contributed by atoms with Crippen LogP contribution in [0.2, 0.25) is 0 Å². The molecule has 0 radical (unpaired) electrons. The second-order valence-corrected chi connectivity index (χ2v) is 3.87. The van der Waals surface area contributed by atoms with Gasteiger partial charge in [0, 0.05) is 5.92 Å². The third-order valence-electron chi connectivity index (χ3n) is 1.02. The lowest BCUT2D eigenvalue weighted by Gasteiger charge is -2.16. The van der Waals surface area contributed by atoms with Crippen LogP contribution in [0.5, 0.6) is 0 Å². The summed E-state index contributed by atoms with van der Waals surface area (Å²) in [5, 5.41) is 3.79. The molecule has 0 rings (SSSR count).